The van der Waals surface area contributed by atoms with Gasteiger partial charge in [-0.25, -0.2) is 4.79 Å². The standard InChI is InChI=1S/C16H22N2O5/c19-14-13-12(15(20)21)8-11-9-16(13,23-11)10-18(14)3-1-2-17-4-6-22-7-5-17/h11H,1-10H2,(H,20,21)/t11-,16+/m1/s1. The van der Waals surface area contributed by atoms with Crippen LogP contribution < -0.4 is 0 Å². The number of hydrogen-bond acceptors (Lipinski definition) is 5. The molecule has 0 radical (unpaired) electrons. The molecule has 0 saturated carbocycles. The van der Waals surface area contributed by atoms with E-state index in [1.807, 2.05) is 0 Å². The van der Waals surface area contributed by atoms with E-state index in [-0.39, 0.29) is 17.6 Å². The number of amides is 1. The number of carboxylic acid groups (broad SMARTS) is 1. The molecule has 2 bridgehead atoms. The number of morpholine rings is 1. The number of carboxylic acids is 1. The second-order valence-corrected chi connectivity index (χ2v) is 6.84. The lowest BCUT2D eigenvalue weighted by molar-refractivity contribution is -0.188. The van der Waals surface area contributed by atoms with Crippen molar-refractivity contribution in [2.45, 2.75) is 31.0 Å². The van der Waals surface area contributed by atoms with Gasteiger partial charge in [0, 0.05) is 39.0 Å². The average molecular weight is 322 g/mol. The topological polar surface area (TPSA) is 79.3 Å². The molecule has 1 amide bonds. The summed E-state index contributed by atoms with van der Waals surface area (Å²) in [7, 11) is 0. The van der Waals surface area contributed by atoms with Crippen LogP contribution in [-0.2, 0) is 19.1 Å². The minimum absolute atomic E-state index is 0.0223. The van der Waals surface area contributed by atoms with Crippen LogP contribution in [0, 0.1) is 0 Å². The Bertz CT molecular complexity index is 561. The highest BCUT2D eigenvalue weighted by atomic mass is 16.5. The Morgan fingerprint density at radius 2 is 2.04 bits per heavy atom. The van der Waals surface area contributed by atoms with Crippen molar-refractivity contribution in [3.05, 3.63) is 11.1 Å². The maximum Gasteiger partial charge on any atom is 0.332 e. The first-order valence-corrected chi connectivity index (χ1v) is 8.33. The Balaban J connectivity index is 1.41. The number of carbonyl (C=O) groups excluding carboxylic acids is 1. The molecule has 7 heteroatoms. The van der Waals surface area contributed by atoms with E-state index < -0.39 is 11.6 Å². The van der Waals surface area contributed by atoms with E-state index in [2.05, 4.69) is 4.90 Å². The Labute approximate surface area is 134 Å². The van der Waals surface area contributed by atoms with Gasteiger partial charge in [-0.3, -0.25) is 9.69 Å². The number of aliphatic carboxylic acids is 1. The molecule has 4 aliphatic heterocycles. The first-order valence-electron chi connectivity index (χ1n) is 8.33. The Morgan fingerprint density at radius 3 is 2.74 bits per heavy atom. The molecule has 0 aromatic carbocycles. The van der Waals surface area contributed by atoms with Crippen molar-refractivity contribution >= 4 is 11.9 Å². The first-order chi connectivity index (χ1) is 11.1. The molecule has 3 saturated heterocycles. The van der Waals surface area contributed by atoms with Crippen molar-refractivity contribution in [1.82, 2.24) is 9.80 Å². The molecular weight excluding hydrogens is 300 g/mol. The largest absolute Gasteiger partial charge is 0.478 e. The summed E-state index contributed by atoms with van der Waals surface area (Å²) < 4.78 is 11.2. The van der Waals surface area contributed by atoms with Gasteiger partial charge in [-0.1, -0.05) is 0 Å². The fourth-order valence-corrected chi connectivity index (χ4v) is 4.28. The normalized spacial score (nSPS) is 33.7. The number of carbonyl (C=O) groups is 2. The van der Waals surface area contributed by atoms with E-state index in [1.54, 1.807) is 4.90 Å². The number of hydrogen-bond donors (Lipinski definition) is 1. The third-order valence-electron chi connectivity index (χ3n) is 5.35. The Kier molecular flexibility index (Phi) is 3.66. The minimum atomic E-state index is -0.971. The van der Waals surface area contributed by atoms with Crippen LogP contribution in [0.2, 0.25) is 0 Å². The van der Waals surface area contributed by atoms with Gasteiger partial charge in [-0.2, -0.15) is 0 Å². The van der Waals surface area contributed by atoms with Crippen molar-refractivity contribution in [3.63, 3.8) is 0 Å². The van der Waals surface area contributed by atoms with Gasteiger partial charge >= 0.3 is 5.97 Å². The van der Waals surface area contributed by atoms with E-state index in [1.165, 1.54) is 0 Å². The molecule has 7 nitrogen and oxygen atoms in total. The monoisotopic (exact) mass is 322 g/mol. The Morgan fingerprint density at radius 1 is 1.30 bits per heavy atom. The highest BCUT2D eigenvalue weighted by Crippen LogP contribution is 2.52. The van der Waals surface area contributed by atoms with Gasteiger partial charge in [-0.05, 0) is 6.42 Å². The summed E-state index contributed by atoms with van der Waals surface area (Å²) in [5, 5.41) is 9.37. The zero-order valence-corrected chi connectivity index (χ0v) is 13.1. The van der Waals surface area contributed by atoms with Gasteiger partial charge in [0.05, 0.1) is 37.0 Å². The summed E-state index contributed by atoms with van der Waals surface area (Å²) in [6.45, 7) is 5.54. The van der Waals surface area contributed by atoms with Crippen molar-refractivity contribution in [1.29, 1.82) is 0 Å². The van der Waals surface area contributed by atoms with E-state index >= 15 is 0 Å². The SMILES string of the molecule is O=C(O)C1=C2C(=O)N(CCCN3CCOCC3)C[C@@]23C[C@@H](C1)O3. The maximum absolute atomic E-state index is 12.7. The molecule has 1 N–H and O–H groups in total. The second-order valence-electron chi connectivity index (χ2n) is 6.84. The molecule has 0 unspecified atom stereocenters. The molecule has 5 aliphatic rings. The summed E-state index contributed by atoms with van der Waals surface area (Å²) >= 11 is 0. The summed E-state index contributed by atoms with van der Waals surface area (Å²) in [5.74, 6) is -1.11. The molecule has 2 atom stereocenters. The van der Waals surface area contributed by atoms with Gasteiger partial charge in [0.25, 0.3) is 5.91 Å². The lowest BCUT2D eigenvalue weighted by Crippen LogP contribution is -2.57. The number of ether oxygens (including phenoxy) is 2. The smallest absolute Gasteiger partial charge is 0.332 e. The van der Waals surface area contributed by atoms with Crippen LogP contribution in [0.4, 0.5) is 0 Å². The van der Waals surface area contributed by atoms with Gasteiger partial charge in [-0.15, -0.1) is 0 Å². The average Bonchev–Trinajstić information content (AvgIpc) is 2.83. The molecule has 23 heavy (non-hydrogen) atoms. The fourth-order valence-electron chi connectivity index (χ4n) is 4.28. The van der Waals surface area contributed by atoms with E-state index in [4.69, 9.17) is 9.47 Å². The van der Waals surface area contributed by atoms with Crippen LogP contribution >= 0.6 is 0 Å². The van der Waals surface area contributed by atoms with Crippen LogP contribution in [0.25, 0.3) is 0 Å². The molecule has 0 aromatic heterocycles. The van der Waals surface area contributed by atoms with E-state index in [0.717, 1.165) is 45.7 Å². The van der Waals surface area contributed by atoms with Crippen LogP contribution in [0.15, 0.2) is 11.1 Å². The second kappa shape index (κ2) is 5.58. The third-order valence-corrected chi connectivity index (χ3v) is 5.35. The highest BCUT2D eigenvalue weighted by Gasteiger charge is 2.61. The van der Waals surface area contributed by atoms with Crippen molar-refractivity contribution in [2.24, 2.45) is 0 Å². The summed E-state index contributed by atoms with van der Waals surface area (Å²) in [6, 6.07) is 0. The summed E-state index contributed by atoms with van der Waals surface area (Å²) in [5.41, 5.74) is 0.0548. The minimum Gasteiger partial charge on any atom is -0.478 e. The first kappa shape index (κ1) is 15.1. The zero-order valence-electron chi connectivity index (χ0n) is 13.1. The number of fused-ring (bicyclic) bond motifs is 1. The number of nitrogens with zero attached hydrogens (tertiary/aromatic N) is 2. The van der Waals surface area contributed by atoms with Gasteiger partial charge in [0.1, 0.15) is 5.60 Å². The molecule has 1 aliphatic carbocycles. The molecule has 4 heterocycles. The molecule has 5 rings (SSSR count). The van der Waals surface area contributed by atoms with E-state index in [9.17, 15) is 14.7 Å². The maximum atomic E-state index is 12.7. The number of rotatable bonds is 5. The van der Waals surface area contributed by atoms with Crippen molar-refractivity contribution in [3.8, 4) is 0 Å². The zero-order chi connectivity index (χ0) is 16.0. The molecule has 0 aromatic rings. The third kappa shape index (κ3) is 2.47. The summed E-state index contributed by atoms with van der Waals surface area (Å²) in [6.07, 6.45) is 2.01. The predicted molar refractivity (Wildman–Crippen MR) is 80.0 cm³/mol. The lowest BCUT2D eigenvalue weighted by Gasteiger charge is -2.49. The molecule has 3 fully saturated rings. The van der Waals surface area contributed by atoms with E-state index in [0.29, 0.717) is 25.1 Å². The molecule has 1 spiro atoms. The Hall–Kier alpha value is -1.44. The van der Waals surface area contributed by atoms with Crippen LogP contribution in [0.5, 0.6) is 0 Å². The van der Waals surface area contributed by atoms with Crippen molar-refractivity contribution < 1.29 is 24.2 Å². The van der Waals surface area contributed by atoms with Crippen LogP contribution in [0.3, 0.4) is 0 Å². The lowest BCUT2D eigenvalue weighted by atomic mass is 9.74. The fraction of sp³-hybridized carbons (Fsp3) is 0.750. The molecule has 126 valence electrons. The predicted octanol–water partition coefficient (Wildman–Crippen LogP) is -0.136. The van der Waals surface area contributed by atoms with Crippen LogP contribution in [-0.4, -0.2) is 84.4 Å². The van der Waals surface area contributed by atoms with Crippen molar-refractivity contribution in [2.75, 3.05) is 45.9 Å². The molecular formula is C16H22N2O5. The summed E-state index contributed by atoms with van der Waals surface area (Å²) in [4.78, 5) is 28.2. The quantitative estimate of drug-likeness (QED) is 0.759. The number of likely N-dealkylation sites (tertiary alicyclic amines) is 1. The highest BCUT2D eigenvalue weighted by molar-refractivity contribution is 6.06. The van der Waals surface area contributed by atoms with Gasteiger partial charge < -0.3 is 19.5 Å². The van der Waals surface area contributed by atoms with Crippen LogP contribution in [0.1, 0.15) is 19.3 Å². The van der Waals surface area contributed by atoms with Gasteiger partial charge in [0.2, 0.25) is 0 Å². The van der Waals surface area contributed by atoms with Gasteiger partial charge in [0.15, 0.2) is 0 Å².